The number of aromatic nitrogens is 1. The molecule has 0 aliphatic carbocycles. The number of nitrogens with zero attached hydrogens (tertiary/aromatic N) is 1. The molecular formula is C17H12BrNO3. The van der Waals surface area contributed by atoms with Gasteiger partial charge in [0.05, 0.1) is 11.8 Å². The van der Waals surface area contributed by atoms with Gasteiger partial charge < -0.3 is 9.15 Å². The van der Waals surface area contributed by atoms with Crippen molar-refractivity contribution >= 4 is 21.9 Å². The van der Waals surface area contributed by atoms with E-state index in [1.54, 1.807) is 30.5 Å². The van der Waals surface area contributed by atoms with Crippen LogP contribution < -0.4 is 0 Å². The average Bonchev–Trinajstić information content (AvgIpc) is 3.07. The third kappa shape index (κ3) is 3.43. The lowest BCUT2D eigenvalue weighted by atomic mass is 10.1. The largest absolute Gasteiger partial charge is 0.457 e. The van der Waals surface area contributed by atoms with Crippen LogP contribution in [0.2, 0.25) is 0 Å². The molecule has 1 aromatic heterocycles. The molecule has 0 saturated heterocycles. The molecule has 0 aliphatic heterocycles. The van der Waals surface area contributed by atoms with Crippen LogP contribution in [-0.4, -0.2) is 11.0 Å². The summed E-state index contributed by atoms with van der Waals surface area (Å²) in [4.78, 5) is 15.9. The summed E-state index contributed by atoms with van der Waals surface area (Å²) in [5.74, 6) is 0.304. The van der Waals surface area contributed by atoms with E-state index >= 15 is 0 Å². The molecule has 2 aromatic carbocycles. The molecule has 0 amide bonds. The van der Waals surface area contributed by atoms with Gasteiger partial charge in [0.2, 0.25) is 0 Å². The van der Waals surface area contributed by atoms with E-state index in [0.29, 0.717) is 11.3 Å². The van der Waals surface area contributed by atoms with Gasteiger partial charge in [-0.2, -0.15) is 0 Å². The first kappa shape index (κ1) is 14.5. The van der Waals surface area contributed by atoms with E-state index in [1.165, 1.54) is 6.39 Å². The van der Waals surface area contributed by atoms with E-state index in [1.807, 2.05) is 24.3 Å². The first-order chi connectivity index (χ1) is 10.7. The van der Waals surface area contributed by atoms with Crippen molar-refractivity contribution < 1.29 is 13.9 Å². The minimum atomic E-state index is -0.357. The molecule has 5 heteroatoms. The zero-order valence-corrected chi connectivity index (χ0v) is 13.1. The maximum Gasteiger partial charge on any atom is 0.338 e. The summed E-state index contributed by atoms with van der Waals surface area (Å²) in [6, 6.07) is 14.7. The Labute approximate surface area is 135 Å². The van der Waals surface area contributed by atoms with E-state index in [0.717, 1.165) is 15.6 Å². The molecule has 110 valence electrons. The van der Waals surface area contributed by atoms with Crippen molar-refractivity contribution in [3.8, 4) is 11.3 Å². The fourth-order valence-electron chi connectivity index (χ4n) is 1.99. The Morgan fingerprint density at radius 2 is 2.00 bits per heavy atom. The van der Waals surface area contributed by atoms with Gasteiger partial charge >= 0.3 is 5.97 Å². The number of hydrogen-bond acceptors (Lipinski definition) is 4. The number of benzene rings is 2. The minimum Gasteiger partial charge on any atom is -0.457 e. The topological polar surface area (TPSA) is 52.3 Å². The lowest BCUT2D eigenvalue weighted by molar-refractivity contribution is 0.0472. The van der Waals surface area contributed by atoms with Crippen LogP contribution in [0.1, 0.15) is 15.9 Å². The molecule has 0 fully saturated rings. The Kier molecular flexibility index (Phi) is 4.34. The zero-order valence-electron chi connectivity index (χ0n) is 11.5. The maximum absolute atomic E-state index is 12.0. The Balaban J connectivity index is 1.65. The van der Waals surface area contributed by atoms with Gasteiger partial charge in [-0.1, -0.05) is 40.2 Å². The highest BCUT2D eigenvalue weighted by Gasteiger charge is 2.09. The second-order valence-corrected chi connectivity index (χ2v) is 5.56. The third-order valence-electron chi connectivity index (χ3n) is 3.10. The van der Waals surface area contributed by atoms with E-state index in [4.69, 9.17) is 9.15 Å². The quantitative estimate of drug-likeness (QED) is 0.646. The predicted molar refractivity (Wildman–Crippen MR) is 85.2 cm³/mol. The van der Waals surface area contributed by atoms with Crippen molar-refractivity contribution in [2.45, 2.75) is 6.61 Å². The number of oxazole rings is 1. The number of esters is 1. The van der Waals surface area contributed by atoms with Gasteiger partial charge in [-0.3, -0.25) is 0 Å². The molecule has 0 unspecified atom stereocenters. The molecule has 3 rings (SSSR count). The molecular weight excluding hydrogens is 346 g/mol. The van der Waals surface area contributed by atoms with Crippen LogP contribution in [0.15, 0.2) is 70.0 Å². The number of rotatable bonds is 4. The molecule has 0 spiro atoms. The van der Waals surface area contributed by atoms with Crippen molar-refractivity contribution in [3.05, 3.63) is 76.7 Å². The second-order valence-electron chi connectivity index (χ2n) is 4.65. The third-order valence-corrected chi connectivity index (χ3v) is 3.59. The summed E-state index contributed by atoms with van der Waals surface area (Å²) in [7, 11) is 0. The minimum absolute atomic E-state index is 0.238. The maximum atomic E-state index is 12.0. The number of hydrogen-bond donors (Lipinski definition) is 0. The van der Waals surface area contributed by atoms with Crippen molar-refractivity contribution in [2.24, 2.45) is 0 Å². The van der Waals surface area contributed by atoms with Crippen LogP contribution in [0.4, 0.5) is 0 Å². The van der Waals surface area contributed by atoms with E-state index in [-0.39, 0.29) is 12.6 Å². The molecule has 4 nitrogen and oxygen atoms in total. The molecule has 0 aliphatic rings. The van der Waals surface area contributed by atoms with E-state index in [9.17, 15) is 4.79 Å². The molecule has 0 N–H and O–H groups in total. The summed E-state index contributed by atoms with van der Waals surface area (Å²) in [5, 5.41) is 0. The Morgan fingerprint density at radius 1 is 1.18 bits per heavy atom. The first-order valence-electron chi connectivity index (χ1n) is 6.63. The summed E-state index contributed by atoms with van der Waals surface area (Å²) < 4.78 is 11.5. The molecule has 1 heterocycles. The summed E-state index contributed by atoms with van der Waals surface area (Å²) >= 11 is 3.39. The van der Waals surface area contributed by atoms with Gasteiger partial charge in [0.1, 0.15) is 6.61 Å². The smallest absolute Gasteiger partial charge is 0.338 e. The van der Waals surface area contributed by atoms with Crippen LogP contribution >= 0.6 is 15.9 Å². The van der Waals surface area contributed by atoms with Crippen molar-refractivity contribution in [1.82, 2.24) is 4.98 Å². The van der Waals surface area contributed by atoms with Crippen LogP contribution in [0, 0.1) is 0 Å². The molecule has 0 atom stereocenters. The normalized spacial score (nSPS) is 10.4. The lowest BCUT2D eigenvalue weighted by Gasteiger charge is -2.06. The monoisotopic (exact) mass is 357 g/mol. The Bertz CT molecular complexity index is 767. The number of halogens is 1. The lowest BCUT2D eigenvalue weighted by Crippen LogP contribution is -2.05. The number of carbonyl (C=O) groups is 1. The summed E-state index contributed by atoms with van der Waals surface area (Å²) in [6.07, 6.45) is 3.00. The molecule has 0 bridgehead atoms. The Hall–Kier alpha value is -2.40. The van der Waals surface area contributed by atoms with Gasteiger partial charge in [-0.25, -0.2) is 9.78 Å². The highest BCUT2D eigenvalue weighted by Crippen LogP contribution is 2.19. The summed E-state index contributed by atoms with van der Waals surface area (Å²) in [6.45, 7) is 0.238. The molecule has 3 aromatic rings. The van der Waals surface area contributed by atoms with E-state index < -0.39 is 0 Å². The number of ether oxygens (including phenoxy) is 1. The van der Waals surface area contributed by atoms with Crippen LogP contribution in [0.25, 0.3) is 11.3 Å². The second kappa shape index (κ2) is 6.58. The zero-order chi connectivity index (χ0) is 15.4. The SMILES string of the molecule is O=C(OCc1cccc(Br)c1)c1ccc(-c2cnco2)cc1. The van der Waals surface area contributed by atoms with Gasteiger partial charge in [0.15, 0.2) is 12.2 Å². The van der Waals surface area contributed by atoms with Gasteiger partial charge in [0, 0.05) is 10.0 Å². The van der Waals surface area contributed by atoms with Crippen LogP contribution in [0.5, 0.6) is 0 Å². The predicted octanol–water partition coefficient (Wildman–Crippen LogP) is 4.46. The van der Waals surface area contributed by atoms with Gasteiger partial charge in [-0.15, -0.1) is 0 Å². The highest BCUT2D eigenvalue weighted by atomic mass is 79.9. The number of carbonyl (C=O) groups excluding carboxylic acids is 1. The van der Waals surface area contributed by atoms with Crippen LogP contribution in [-0.2, 0) is 11.3 Å². The fraction of sp³-hybridized carbons (Fsp3) is 0.0588. The van der Waals surface area contributed by atoms with Gasteiger partial charge in [-0.05, 0) is 29.8 Å². The Morgan fingerprint density at radius 3 is 2.68 bits per heavy atom. The van der Waals surface area contributed by atoms with Crippen LogP contribution in [0.3, 0.4) is 0 Å². The van der Waals surface area contributed by atoms with Crippen molar-refractivity contribution in [3.63, 3.8) is 0 Å². The fourth-order valence-corrected chi connectivity index (χ4v) is 2.43. The van der Waals surface area contributed by atoms with Crippen molar-refractivity contribution in [1.29, 1.82) is 0 Å². The van der Waals surface area contributed by atoms with E-state index in [2.05, 4.69) is 20.9 Å². The highest BCUT2D eigenvalue weighted by molar-refractivity contribution is 9.10. The average molecular weight is 358 g/mol. The first-order valence-corrected chi connectivity index (χ1v) is 7.42. The van der Waals surface area contributed by atoms with Crippen molar-refractivity contribution in [2.75, 3.05) is 0 Å². The molecule has 0 radical (unpaired) electrons. The molecule has 0 saturated carbocycles. The summed E-state index contributed by atoms with van der Waals surface area (Å²) in [5.41, 5.74) is 2.29. The molecule has 22 heavy (non-hydrogen) atoms. The standard InChI is InChI=1S/C17H12BrNO3/c18-15-3-1-2-12(8-15)10-21-17(20)14-6-4-13(5-7-14)16-9-19-11-22-16/h1-9,11H,10H2. The van der Waals surface area contributed by atoms with Gasteiger partial charge in [0.25, 0.3) is 0 Å².